The van der Waals surface area contributed by atoms with Gasteiger partial charge in [0.15, 0.2) is 0 Å². The standard InChI is InChI=1S/C14H16ClNO5/c15-8-3-7(1-2-10(8)17)4-12(19)16-9-5-20-14-11(18)6-21-13(9)14/h1-3,9,11,13-14,17-18H,4-6H2,(H,16,19)/t9-,11+,13+,14+/m0/s1. The Morgan fingerprint density at radius 3 is 2.86 bits per heavy atom. The number of hydrogen-bond acceptors (Lipinski definition) is 5. The van der Waals surface area contributed by atoms with Gasteiger partial charge in [0.05, 0.1) is 30.7 Å². The maximum absolute atomic E-state index is 12.0. The first kappa shape index (κ1) is 14.6. The number of benzene rings is 1. The summed E-state index contributed by atoms with van der Waals surface area (Å²) in [7, 11) is 0. The zero-order chi connectivity index (χ0) is 15.0. The molecule has 1 amide bonds. The van der Waals surface area contributed by atoms with E-state index < -0.39 is 6.10 Å². The molecule has 0 spiro atoms. The van der Waals surface area contributed by atoms with Crippen LogP contribution in [0.5, 0.6) is 5.75 Å². The first-order valence-corrected chi connectivity index (χ1v) is 7.10. The lowest BCUT2D eigenvalue weighted by Gasteiger charge is -2.17. The minimum Gasteiger partial charge on any atom is -0.506 e. The molecule has 2 heterocycles. The normalized spacial score (nSPS) is 31.1. The van der Waals surface area contributed by atoms with E-state index in [0.29, 0.717) is 12.2 Å². The summed E-state index contributed by atoms with van der Waals surface area (Å²) in [5, 5.41) is 22.1. The quantitative estimate of drug-likeness (QED) is 0.743. The van der Waals surface area contributed by atoms with Crippen LogP contribution in [0, 0.1) is 0 Å². The van der Waals surface area contributed by atoms with E-state index in [4.69, 9.17) is 21.1 Å². The molecule has 0 aliphatic carbocycles. The van der Waals surface area contributed by atoms with Crippen LogP contribution in [0.25, 0.3) is 0 Å². The Morgan fingerprint density at radius 1 is 1.33 bits per heavy atom. The van der Waals surface area contributed by atoms with Crippen molar-refractivity contribution >= 4 is 17.5 Å². The van der Waals surface area contributed by atoms with Crippen LogP contribution >= 0.6 is 11.6 Å². The molecule has 2 aliphatic rings. The molecule has 114 valence electrons. The smallest absolute Gasteiger partial charge is 0.224 e. The number of fused-ring (bicyclic) bond motifs is 1. The van der Waals surface area contributed by atoms with Gasteiger partial charge < -0.3 is 25.0 Å². The second kappa shape index (κ2) is 5.81. The molecular formula is C14H16ClNO5. The maximum atomic E-state index is 12.0. The van der Waals surface area contributed by atoms with Crippen LogP contribution in [0.1, 0.15) is 5.56 Å². The molecule has 0 bridgehead atoms. The fraction of sp³-hybridized carbons (Fsp3) is 0.500. The van der Waals surface area contributed by atoms with Crippen molar-refractivity contribution < 1.29 is 24.5 Å². The van der Waals surface area contributed by atoms with Crippen LogP contribution in [0.4, 0.5) is 0 Å². The van der Waals surface area contributed by atoms with Crippen molar-refractivity contribution in [2.24, 2.45) is 0 Å². The number of nitrogens with one attached hydrogen (secondary N) is 1. The number of aliphatic hydroxyl groups excluding tert-OH is 1. The number of hydrogen-bond donors (Lipinski definition) is 3. The lowest BCUT2D eigenvalue weighted by atomic mass is 10.1. The average molecular weight is 314 g/mol. The molecule has 2 saturated heterocycles. The highest BCUT2D eigenvalue weighted by atomic mass is 35.5. The van der Waals surface area contributed by atoms with Gasteiger partial charge in [-0.1, -0.05) is 17.7 Å². The number of phenolic OH excluding ortho intramolecular Hbond substituents is 1. The number of aromatic hydroxyl groups is 1. The van der Waals surface area contributed by atoms with Gasteiger partial charge in [-0.25, -0.2) is 0 Å². The van der Waals surface area contributed by atoms with Crippen LogP contribution in [0.15, 0.2) is 18.2 Å². The van der Waals surface area contributed by atoms with Crippen LogP contribution in [-0.4, -0.2) is 53.7 Å². The number of aliphatic hydroxyl groups is 1. The van der Waals surface area contributed by atoms with Crippen LogP contribution in [-0.2, 0) is 20.7 Å². The van der Waals surface area contributed by atoms with Crippen LogP contribution < -0.4 is 5.32 Å². The van der Waals surface area contributed by atoms with Crippen molar-refractivity contribution in [1.82, 2.24) is 5.32 Å². The van der Waals surface area contributed by atoms with Gasteiger partial charge in [0.1, 0.15) is 24.1 Å². The predicted octanol–water partition coefficient (Wildman–Crippen LogP) is 0.231. The lowest BCUT2D eigenvalue weighted by Crippen LogP contribution is -2.44. The summed E-state index contributed by atoms with van der Waals surface area (Å²) in [6.07, 6.45) is -1.14. The topological polar surface area (TPSA) is 88.0 Å². The number of phenols is 1. The zero-order valence-electron chi connectivity index (χ0n) is 11.2. The van der Waals surface area contributed by atoms with Crippen LogP contribution in [0.2, 0.25) is 5.02 Å². The predicted molar refractivity (Wildman–Crippen MR) is 74.2 cm³/mol. The lowest BCUT2D eigenvalue weighted by molar-refractivity contribution is -0.121. The molecule has 3 rings (SSSR count). The second-order valence-corrected chi connectivity index (χ2v) is 5.71. The SMILES string of the molecule is O=C(Cc1ccc(O)c(Cl)c1)N[C@H]1CO[C@H]2[C@@H]1OC[C@H]2O. The highest BCUT2D eigenvalue weighted by molar-refractivity contribution is 6.32. The van der Waals surface area contributed by atoms with E-state index in [2.05, 4.69) is 5.32 Å². The molecule has 6 nitrogen and oxygen atoms in total. The summed E-state index contributed by atoms with van der Waals surface area (Å²) in [4.78, 5) is 12.0. The molecule has 3 N–H and O–H groups in total. The largest absolute Gasteiger partial charge is 0.506 e. The Bertz CT molecular complexity index is 552. The van der Waals surface area contributed by atoms with E-state index in [1.807, 2.05) is 0 Å². The van der Waals surface area contributed by atoms with Crippen molar-refractivity contribution in [3.63, 3.8) is 0 Å². The number of carbonyl (C=O) groups excluding carboxylic acids is 1. The summed E-state index contributed by atoms with van der Waals surface area (Å²) in [5.41, 5.74) is 0.707. The Labute approximate surface area is 126 Å². The highest BCUT2D eigenvalue weighted by Gasteiger charge is 2.47. The fourth-order valence-electron chi connectivity index (χ4n) is 2.71. The molecule has 4 atom stereocenters. The second-order valence-electron chi connectivity index (χ2n) is 5.30. The number of halogens is 1. The van der Waals surface area contributed by atoms with Gasteiger partial charge >= 0.3 is 0 Å². The number of carbonyl (C=O) groups is 1. The molecule has 0 unspecified atom stereocenters. The average Bonchev–Trinajstić information content (AvgIpc) is 2.99. The highest BCUT2D eigenvalue weighted by Crippen LogP contribution is 2.27. The first-order valence-electron chi connectivity index (χ1n) is 6.72. The minimum absolute atomic E-state index is 0.0128. The van der Waals surface area contributed by atoms with Crippen molar-refractivity contribution in [1.29, 1.82) is 0 Å². The van der Waals surface area contributed by atoms with E-state index in [0.717, 1.165) is 0 Å². The number of rotatable bonds is 3. The van der Waals surface area contributed by atoms with Gasteiger partial charge in [-0.2, -0.15) is 0 Å². The van der Waals surface area contributed by atoms with E-state index in [-0.39, 0.29) is 48.0 Å². The molecule has 2 fully saturated rings. The molecule has 21 heavy (non-hydrogen) atoms. The van der Waals surface area contributed by atoms with Crippen molar-refractivity contribution in [3.05, 3.63) is 28.8 Å². The molecule has 7 heteroatoms. The van der Waals surface area contributed by atoms with E-state index in [9.17, 15) is 15.0 Å². The number of ether oxygens (including phenoxy) is 2. The molecular weight excluding hydrogens is 298 g/mol. The Hall–Kier alpha value is -1.34. The molecule has 1 aromatic carbocycles. The van der Waals surface area contributed by atoms with E-state index in [1.54, 1.807) is 12.1 Å². The third-order valence-corrected chi connectivity index (χ3v) is 4.05. The Balaban J connectivity index is 1.58. The van der Waals surface area contributed by atoms with Crippen molar-refractivity contribution in [2.45, 2.75) is 30.8 Å². The summed E-state index contributed by atoms with van der Waals surface area (Å²) < 4.78 is 10.9. The third kappa shape index (κ3) is 2.98. The summed E-state index contributed by atoms with van der Waals surface area (Å²) in [6, 6.07) is 4.40. The first-order chi connectivity index (χ1) is 10.0. The van der Waals surface area contributed by atoms with Gasteiger partial charge in [-0.3, -0.25) is 4.79 Å². The summed E-state index contributed by atoms with van der Waals surface area (Å²) in [6.45, 7) is 0.559. The summed E-state index contributed by atoms with van der Waals surface area (Å²) in [5.74, 6) is -0.197. The maximum Gasteiger partial charge on any atom is 0.224 e. The van der Waals surface area contributed by atoms with Crippen LogP contribution in [0.3, 0.4) is 0 Å². The summed E-state index contributed by atoms with van der Waals surface area (Å²) >= 11 is 5.81. The van der Waals surface area contributed by atoms with Crippen molar-refractivity contribution in [3.8, 4) is 5.75 Å². The Morgan fingerprint density at radius 2 is 2.10 bits per heavy atom. The van der Waals surface area contributed by atoms with Gasteiger partial charge in [-0.05, 0) is 17.7 Å². The van der Waals surface area contributed by atoms with Gasteiger partial charge in [0.2, 0.25) is 5.91 Å². The molecule has 0 aromatic heterocycles. The minimum atomic E-state index is -0.632. The van der Waals surface area contributed by atoms with Gasteiger partial charge in [-0.15, -0.1) is 0 Å². The molecule has 1 aromatic rings. The van der Waals surface area contributed by atoms with Gasteiger partial charge in [0, 0.05) is 0 Å². The molecule has 2 aliphatic heterocycles. The fourth-order valence-corrected chi connectivity index (χ4v) is 2.91. The third-order valence-electron chi connectivity index (χ3n) is 3.75. The molecule has 0 radical (unpaired) electrons. The van der Waals surface area contributed by atoms with E-state index >= 15 is 0 Å². The van der Waals surface area contributed by atoms with Crippen molar-refractivity contribution in [2.75, 3.05) is 13.2 Å². The Kier molecular flexibility index (Phi) is 4.03. The number of amides is 1. The zero-order valence-corrected chi connectivity index (χ0v) is 11.9. The van der Waals surface area contributed by atoms with E-state index in [1.165, 1.54) is 6.07 Å². The molecule has 0 saturated carbocycles. The van der Waals surface area contributed by atoms with Gasteiger partial charge in [0.25, 0.3) is 0 Å². The monoisotopic (exact) mass is 313 g/mol.